The van der Waals surface area contributed by atoms with Gasteiger partial charge in [-0.05, 0) is 62.1 Å². The summed E-state index contributed by atoms with van der Waals surface area (Å²) in [5.74, 6) is -0.0428. The van der Waals surface area contributed by atoms with Crippen molar-refractivity contribution in [1.82, 2.24) is 9.80 Å². The van der Waals surface area contributed by atoms with Gasteiger partial charge in [-0.2, -0.15) is 0 Å². The van der Waals surface area contributed by atoms with Gasteiger partial charge in [0.05, 0.1) is 13.2 Å². The lowest BCUT2D eigenvalue weighted by molar-refractivity contribution is -0.114. The van der Waals surface area contributed by atoms with Crippen molar-refractivity contribution in [3.8, 4) is 0 Å². The van der Waals surface area contributed by atoms with Crippen molar-refractivity contribution in [3.63, 3.8) is 0 Å². The molecule has 0 spiro atoms. The third-order valence-corrected chi connectivity index (χ3v) is 6.52. The second-order valence-corrected chi connectivity index (χ2v) is 8.82. The van der Waals surface area contributed by atoms with E-state index in [9.17, 15) is 9.59 Å². The molecule has 170 valence electrons. The van der Waals surface area contributed by atoms with Crippen LogP contribution in [0.1, 0.15) is 48.5 Å². The average Bonchev–Trinajstić information content (AvgIpc) is 3.28. The van der Waals surface area contributed by atoms with Crippen LogP contribution in [0.15, 0.2) is 54.6 Å². The standard InChI is InChI=1S/C26H33N3O3/c1-20(30)27-23-11-9-22(10-12-23)26(31)28-16-13-24(14-17-28)29-15-5-8-25(29)19-32-18-21-6-3-2-4-7-21/h2-4,6-7,9-12,24-25H,5,8,13-19H2,1H3,(H,27,30)/t25-/m0/s1. The first-order valence-electron chi connectivity index (χ1n) is 11.6. The number of amides is 2. The number of nitrogens with one attached hydrogen (secondary N) is 1. The highest BCUT2D eigenvalue weighted by Crippen LogP contribution is 2.27. The van der Waals surface area contributed by atoms with Crippen molar-refractivity contribution in [2.45, 2.75) is 51.3 Å². The molecule has 4 rings (SSSR count). The molecule has 32 heavy (non-hydrogen) atoms. The summed E-state index contributed by atoms with van der Waals surface area (Å²) >= 11 is 0. The maximum absolute atomic E-state index is 12.9. The molecule has 6 heteroatoms. The molecular formula is C26H33N3O3. The minimum Gasteiger partial charge on any atom is -0.375 e. The smallest absolute Gasteiger partial charge is 0.253 e. The van der Waals surface area contributed by atoms with Gasteiger partial charge in [0, 0.05) is 43.3 Å². The Hall–Kier alpha value is -2.70. The van der Waals surface area contributed by atoms with Gasteiger partial charge in [0.2, 0.25) is 5.91 Å². The van der Waals surface area contributed by atoms with E-state index in [4.69, 9.17) is 4.74 Å². The highest BCUT2D eigenvalue weighted by atomic mass is 16.5. The van der Waals surface area contributed by atoms with Crippen LogP contribution in [0.2, 0.25) is 0 Å². The van der Waals surface area contributed by atoms with E-state index in [0.717, 1.165) is 39.1 Å². The summed E-state index contributed by atoms with van der Waals surface area (Å²) in [5, 5.41) is 2.74. The van der Waals surface area contributed by atoms with Crippen molar-refractivity contribution in [3.05, 3.63) is 65.7 Å². The van der Waals surface area contributed by atoms with Gasteiger partial charge < -0.3 is 15.0 Å². The summed E-state index contributed by atoms with van der Waals surface area (Å²) in [6, 6.07) is 18.5. The fourth-order valence-corrected chi connectivity index (χ4v) is 4.89. The molecule has 2 aliphatic heterocycles. The van der Waals surface area contributed by atoms with Gasteiger partial charge in [-0.25, -0.2) is 0 Å². The summed E-state index contributed by atoms with van der Waals surface area (Å²) in [6.45, 7) is 5.61. The van der Waals surface area contributed by atoms with Gasteiger partial charge in [-0.1, -0.05) is 30.3 Å². The number of benzene rings is 2. The number of carbonyl (C=O) groups is 2. The fraction of sp³-hybridized carbons (Fsp3) is 0.462. The Bertz CT molecular complexity index is 892. The summed E-state index contributed by atoms with van der Waals surface area (Å²) in [6.07, 6.45) is 4.42. The molecule has 0 unspecified atom stereocenters. The first-order chi connectivity index (χ1) is 15.6. The van der Waals surface area contributed by atoms with Crippen LogP contribution in [-0.4, -0.2) is 59.9 Å². The van der Waals surface area contributed by atoms with Crippen LogP contribution < -0.4 is 5.32 Å². The molecule has 2 aromatic carbocycles. The number of carbonyl (C=O) groups excluding carboxylic acids is 2. The molecule has 2 fully saturated rings. The number of anilines is 1. The lowest BCUT2D eigenvalue weighted by Gasteiger charge is -2.39. The second kappa shape index (κ2) is 10.7. The van der Waals surface area contributed by atoms with Crippen LogP contribution >= 0.6 is 0 Å². The predicted molar refractivity (Wildman–Crippen MR) is 125 cm³/mol. The Labute approximate surface area is 190 Å². The second-order valence-electron chi connectivity index (χ2n) is 8.82. The molecule has 0 radical (unpaired) electrons. The summed E-state index contributed by atoms with van der Waals surface area (Å²) in [5.41, 5.74) is 2.60. The lowest BCUT2D eigenvalue weighted by Crippen LogP contribution is -2.49. The van der Waals surface area contributed by atoms with Gasteiger partial charge in [0.15, 0.2) is 0 Å². The van der Waals surface area contributed by atoms with E-state index < -0.39 is 0 Å². The van der Waals surface area contributed by atoms with E-state index in [2.05, 4.69) is 22.3 Å². The first-order valence-corrected chi connectivity index (χ1v) is 11.6. The first kappa shape index (κ1) is 22.5. The molecule has 1 atom stereocenters. The van der Waals surface area contributed by atoms with E-state index in [1.807, 2.05) is 23.1 Å². The van der Waals surface area contributed by atoms with Crippen LogP contribution in [0.5, 0.6) is 0 Å². The molecule has 2 saturated heterocycles. The molecule has 2 aromatic rings. The SMILES string of the molecule is CC(=O)Nc1ccc(C(=O)N2CCC(N3CCC[C@H]3COCc3ccccc3)CC2)cc1. The van der Waals surface area contributed by atoms with Crippen LogP contribution in [0.25, 0.3) is 0 Å². The molecule has 0 aliphatic carbocycles. The quantitative estimate of drug-likeness (QED) is 0.716. The highest BCUT2D eigenvalue weighted by Gasteiger charge is 2.34. The van der Waals surface area contributed by atoms with Crippen molar-refractivity contribution in [1.29, 1.82) is 0 Å². The third kappa shape index (κ3) is 5.75. The normalized spacial score (nSPS) is 19.8. The fourth-order valence-electron chi connectivity index (χ4n) is 4.89. The zero-order valence-corrected chi connectivity index (χ0v) is 18.8. The van der Waals surface area contributed by atoms with Crippen molar-refractivity contribution < 1.29 is 14.3 Å². The Morgan fingerprint density at radius 3 is 2.38 bits per heavy atom. The lowest BCUT2D eigenvalue weighted by atomic mass is 10.0. The largest absolute Gasteiger partial charge is 0.375 e. The van der Waals surface area contributed by atoms with Gasteiger partial charge >= 0.3 is 0 Å². The molecule has 2 heterocycles. The van der Waals surface area contributed by atoms with Crippen LogP contribution in [0.4, 0.5) is 5.69 Å². The van der Waals surface area contributed by atoms with Crippen molar-refractivity contribution in [2.24, 2.45) is 0 Å². The highest BCUT2D eigenvalue weighted by molar-refractivity contribution is 5.95. The Balaban J connectivity index is 1.25. The Morgan fingerprint density at radius 1 is 0.969 bits per heavy atom. The molecule has 6 nitrogen and oxygen atoms in total. The molecule has 0 bridgehead atoms. The molecule has 1 N–H and O–H groups in total. The summed E-state index contributed by atoms with van der Waals surface area (Å²) in [7, 11) is 0. The molecule has 0 saturated carbocycles. The van der Waals surface area contributed by atoms with Gasteiger partial charge in [-0.15, -0.1) is 0 Å². The molecule has 0 aromatic heterocycles. The number of hydrogen-bond acceptors (Lipinski definition) is 4. The third-order valence-electron chi connectivity index (χ3n) is 6.52. The Morgan fingerprint density at radius 2 is 1.69 bits per heavy atom. The zero-order valence-electron chi connectivity index (χ0n) is 18.8. The van der Waals surface area contributed by atoms with Gasteiger partial charge in [0.25, 0.3) is 5.91 Å². The van der Waals surface area contributed by atoms with Crippen molar-refractivity contribution in [2.75, 3.05) is 31.6 Å². The Kier molecular flexibility index (Phi) is 7.55. The molecule has 2 aliphatic rings. The number of piperidine rings is 1. The monoisotopic (exact) mass is 435 g/mol. The maximum Gasteiger partial charge on any atom is 0.253 e. The number of ether oxygens (including phenoxy) is 1. The predicted octanol–water partition coefficient (Wildman–Crippen LogP) is 3.93. The van der Waals surface area contributed by atoms with E-state index in [-0.39, 0.29) is 11.8 Å². The van der Waals surface area contributed by atoms with E-state index >= 15 is 0 Å². The minimum absolute atomic E-state index is 0.0713. The van der Waals surface area contributed by atoms with Gasteiger partial charge in [-0.3, -0.25) is 14.5 Å². The summed E-state index contributed by atoms with van der Waals surface area (Å²) < 4.78 is 6.04. The maximum atomic E-state index is 12.9. The van der Waals surface area contributed by atoms with Gasteiger partial charge in [0.1, 0.15) is 0 Å². The minimum atomic E-state index is -0.114. The number of rotatable bonds is 7. The van der Waals surface area contributed by atoms with E-state index in [1.54, 1.807) is 24.3 Å². The average molecular weight is 436 g/mol. The van der Waals surface area contributed by atoms with Crippen LogP contribution in [0, 0.1) is 0 Å². The van der Waals surface area contributed by atoms with Crippen LogP contribution in [0.3, 0.4) is 0 Å². The molecular weight excluding hydrogens is 402 g/mol. The number of nitrogens with zero attached hydrogens (tertiary/aromatic N) is 2. The van der Waals surface area contributed by atoms with Crippen LogP contribution in [-0.2, 0) is 16.1 Å². The van der Waals surface area contributed by atoms with Crippen molar-refractivity contribution >= 4 is 17.5 Å². The zero-order chi connectivity index (χ0) is 22.3. The molecule has 2 amide bonds. The summed E-state index contributed by atoms with van der Waals surface area (Å²) in [4.78, 5) is 28.7. The topological polar surface area (TPSA) is 61.9 Å². The number of likely N-dealkylation sites (tertiary alicyclic amines) is 2. The van der Waals surface area contributed by atoms with E-state index in [0.29, 0.717) is 29.9 Å². The van der Waals surface area contributed by atoms with E-state index in [1.165, 1.54) is 25.3 Å². The number of hydrogen-bond donors (Lipinski definition) is 1.